The molecular weight excluding hydrogens is 273 g/mol. The van der Waals surface area contributed by atoms with Crippen LogP contribution in [-0.4, -0.2) is 20.9 Å². The molecule has 0 aliphatic heterocycles. The number of carboxylic acid groups (broad SMARTS) is 1. The Balaban J connectivity index is 2.59. The van der Waals surface area contributed by atoms with Gasteiger partial charge in [-0.2, -0.15) is 18.3 Å². The van der Waals surface area contributed by atoms with Crippen molar-refractivity contribution in [3.8, 4) is 5.69 Å². The van der Waals surface area contributed by atoms with E-state index in [-0.39, 0.29) is 5.69 Å². The highest BCUT2D eigenvalue weighted by molar-refractivity contribution is 5.89. The summed E-state index contributed by atoms with van der Waals surface area (Å²) in [7, 11) is 0. The molecule has 7 heteroatoms. The maximum Gasteiger partial charge on any atom is 0.434 e. The Bertz CT molecular complexity index is 630. The van der Waals surface area contributed by atoms with Crippen LogP contribution in [0.1, 0.15) is 28.5 Å². The van der Waals surface area contributed by atoms with E-state index in [1.54, 1.807) is 12.1 Å². The molecule has 0 unspecified atom stereocenters. The van der Waals surface area contributed by atoms with Gasteiger partial charge < -0.3 is 5.11 Å². The molecule has 0 spiro atoms. The summed E-state index contributed by atoms with van der Waals surface area (Å²) in [5, 5.41) is 12.4. The zero-order valence-electron chi connectivity index (χ0n) is 10.5. The molecule has 0 amide bonds. The second kappa shape index (κ2) is 4.99. The fourth-order valence-electron chi connectivity index (χ4n) is 1.85. The molecule has 0 fully saturated rings. The Kier molecular flexibility index (Phi) is 3.52. The topological polar surface area (TPSA) is 55.1 Å². The number of aryl methyl sites for hydroxylation is 1. The summed E-state index contributed by atoms with van der Waals surface area (Å²) in [6, 6.07) is 6.31. The van der Waals surface area contributed by atoms with Crippen molar-refractivity contribution in [2.75, 3.05) is 0 Å². The second-order valence-corrected chi connectivity index (χ2v) is 4.14. The van der Waals surface area contributed by atoms with E-state index in [0.717, 1.165) is 12.0 Å². The van der Waals surface area contributed by atoms with Crippen LogP contribution in [0.5, 0.6) is 0 Å². The van der Waals surface area contributed by atoms with Gasteiger partial charge in [-0.25, -0.2) is 9.48 Å². The molecule has 0 bridgehead atoms. The van der Waals surface area contributed by atoms with Gasteiger partial charge in [0.05, 0.1) is 11.9 Å². The van der Waals surface area contributed by atoms with E-state index in [0.29, 0.717) is 10.9 Å². The molecule has 0 saturated carbocycles. The lowest BCUT2D eigenvalue weighted by atomic mass is 10.1. The van der Waals surface area contributed by atoms with Gasteiger partial charge in [0.2, 0.25) is 0 Å². The highest BCUT2D eigenvalue weighted by Gasteiger charge is 2.40. The lowest BCUT2D eigenvalue weighted by molar-refractivity contribution is -0.143. The summed E-state index contributed by atoms with van der Waals surface area (Å²) in [5.41, 5.74) is -1.01. The van der Waals surface area contributed by atoms with Gasteiger partial charge >= 0.3 is 12.1 Å². The Morgan fingerprint density at radius 2 is 1.90 bits per heavy atom. The van der Waals surface area contributed by atoms with Crippen LogP contribution in [-0.2, 0) is 12.6 Å². The number of benzene rings is 1. The van der Waals surface area contributed by atoms with Crippen LogP contribution >= 0.6 is 0 Å². The summed E-state index contributed by atoms with van der Waals surface area (Å²) < 4.78 is 39.6. The van der Waals surface area contributed by atoms with Crippen molar-refractivity contribution in [3.63, 3.8) is 0 Å². The predicted octanol–water partition coefficient (Wildman–Crippen LogP) is 3.15. The number of aromatic carboxylic acids is 1. The number of hydrogen-bond donors (Lipinski definition) is 1. The quantitative estimate of drug-likeness (QED) is 0.942. The molecule has 2 rings (SSSR count). The number of hydrogen-bond acceptors (Lipinski definition) is 2. The van der Waals surface area contributed by atoms with Crippen LogP contribution in [0, 0.1) is 0 Å². The first-order valence-electron chi connectivity index (χ1n) is 5.82. The van der Waals surface area contributed by atoms with Gasteiger partial charge in [0.1, 0.15) is 5.56 Å². The lowest BCUT2D eigenvalue weighted by Gasteiger charge is -2.11. The first-order chi connectivity index (χ1) is 9.34. The minimum atomic E-state index is -4.80. The minimum absolute atomic E-state index is 0.169. The van der Waals surface area contributed by atoms with Crippen molar-refractivity contribution in [1.29, 1.82) is 0 Å². The molecular formula is C13H11F3N2O2. The Morgan fingerprint density at radius 1 is 1.30 bits per heavy atom. The molecule has 1 aromatic carbocycles. The summed E-state index contributed by atoms with van der Waals surface area (Å²) >= 11 is 0. The largest absolute Gasteiger partial charge is 0.478 e. The zero-order valence-corrected chi connectivity index (χ0v) is 10.5. The number of carbonyl (C=O) groups is 1. The Morgan fingerprint density at radius 3 is 2.35 bits per heavy atom. The van der Waals surface area contributed by atoms with Crippen molar-refractivity contribution in [1.82, 2.24) is 9.78 Å². The maximum atomic E-state index is 13.0. The van der Waals surface area contributed by atoms with Crippen LogP contribution in [0.25, 0.3) is 5.69 Å². The smallest absolute Gasteiger partial charge is 0.434 e. The van der Waals surface area contributed by atoms with E-state index in [1.807, 2.05) is 6.92 Å². The fraction of sp³-hybridized carbons (Fsp3) is 0.231. The number of aromatic nitrogens is 2. The summed E-state index contributed by atoms with van der Waals surface area (Å²) in [5.74, 6) is -1.66. The third kappa shape index (κ3) is 2.52. The second-order valence-electron chi connectivity index (χ2n) is 4.14. The van der Waals surface area contributed by atoms with Crippen LogP contribution in [0.15, 0.2) is 30.5 Å². The fourth-order valence-corrected chi connectivity index (χ4v) is 1.85. The molecule has 20 heavy (non-hydrogen) atoms. The normalized spacial score (nSPS) is 11.6. The molecule has 0 aliphatic carbocycles. The van der Waals surface area contributed by atoms with Crippen molar-refractivity contribution in [2.24, 2.45) is 0 Å². The van der Waals surface area contributed by atoms with Gasteiger partial charge in [0.25, 0.3) is 0 Å². The number of halogens is 3. The van der Waals surface area contributed by atoms with E-state index < -0.39 is 23.4 Å². The molecule has 0 saturated heterocycles. The Hall–Kier alpha value is -2.31. The van der Waals surface area contributed by atoms with Gasteiger partial charge in [0.15, 0.2) is 5.69 Å². The van der Waals surface area contributed by atoms with Crippen molar-refractivity contribution in [2.45, 2.75) is 19.5 Å². The van der Waals surface area contributed by atoms with E-state index in [2.05, 4.69) is 5.10 Å². The predicted molar refractivity (Wildman–Crippen MR) is 64.9 cm³/mol. The van der Waals surface area contributed by atoms with E-state index >= 15 is 0 Å². The van der Waals surface area contributed by atoms with Gasteiger partial charge in [-0.05, 0) is 24.1 Å². The highest BCUT2D eigenvalue weighted by Crippen LogP contribution is 2.33. The first-order valence-corrected chi connectivity index (χ1v) is 5.82. The third-order valence-electron chi connectivity index (χ3n) is 2.86. The number of rotatable bonds is 3. The molecule has 1 heterocycles. The average Bonchev–Trinajstić information content (AvgIpc) is 2.83. The zero-order chi connectivity index (χ0) is 14.9. The standard InChI is InChI=1S/C13H11F3N2O2/c1-2-8-3-5-9(6-4-8)18-11(13(14,15)16)10(7-17-18)12(19)20/h3-7H,2H2,1H3,(H,19,20). The van der Waals surface area contributed by atoms with E-state index in [4.69, 9.17) is 5.11 Å². The lowest BCUT2D eigenvalue weighted by Crippen LogP contribution is -2.17. The highest BCUT2D eigenvalue weighted by atomic mass is 19.4. The SMILES string of the molecule is CCc1ccc(-n2ncc(C(=O)O)c2C(F)(F)F)cc1. The van der Waals surface area contributed by atoms with Crippen molar-refractivity contribution in [3.05, 3.63) is 47.3 Å². The minimum Gasteiger partial charge on any atom is -0.478 e. The van der Waals surface area contributed by atoms with Gasteiger partial charge in [0, 0.05) is 0 Å². The van der Waals surface area contributed by atoms with Crippen molar-refractivity contribution < 1.29 is 23.1 Å². The molecule has 0 aliphatic rings. The molecule has 106 valence electrons. The summed E-state index contributed by atoms with van der Waals surface area (Å²) in [6.45, 7) is 1.92. The number of alkyl halides is 3. The Labute approximate surface area is 112 Å². The van der Waals surface area contributed by atoms with Crippen molar-refractivity contribution >= 4 is 5.97 Å². The molecule has 1 aromatic heterocycles. The number of nitrogens with zero attached hydrogens (tertiary/aromatic N) is 2. The summed E-state index contributed by atoms with van der Waals surface area (Å²) in [6.07, 6.45) is -3.33. The van der Waals surface area contributed by atoms with Gasteiger partial charge in [-0.3, -0.25) is 0 Å². The molecule has 4 nitrogen and oxygen atoms in total. The molecule has 1 N–H and O–H groups in total. The monoisotopic (exact) mass is 284 g/mol. The van der Waals surface area contributed by atoms with Crippen LogP contribution < -0.4 is 0 Å². The van der Waals surface area contributed by atoms with E-state index in [9.17, 15) is 18.0 Å². The van der Waals surface area contributed by atoms with Gasteiger partial charge in [-0.1, -0.05) is 19.1 Å². The van der Waals surface area contributed by atoms with Crippen LogP contribution in [0.3, 0.4) is 0 Å². The number of carboxylic acids is 1. The van der Waals surface area contributed by atoms with Gasteiger partial charge in [-0.15, -0.1) is 0 Å². The third-order valence-corrected chi connectivity index (χ3v) is 2.86. The molecule has 0 atom stereocenters. The van der Waals surface area contributed by atoms with E-state index in [1.165, 1.54) is 12.1 Å². The molecule has 0 radical (unpaired) electrons. The molecule has 2 aromatic rings. The summed E-state index contributed by atoms with van der Waals surface area (Å²) in [4.78, 5) is 10.9. The first kappa shape index (κ1) is 14.1. The van der Waals surface area contributed by atoms with Crippen LogP contribution in [0.4, 0.5) is 13.2 Å². The average molecular weight is 284 g/mol. The maximum absolute atomic E-state index is 13.0. The van der Waals surface area contributed by atoms with Crippen LogP contribution in [0.2, 0.25) is 0 Å².